The number of carbonyl (C=O) groups is 3. The first-order valence-corrected chi connectivity index (χ1v) is 26.1. The molecule has 0 aliphatic carbocycles. The zero-order chi connectivity index (χ0) is 45.5. The van der Waals surface area contributed by atoms with Gasteiger partial charge in [0.05, 0.1) is 61.9 Å². The topological polar surface area (TPSA) is 90.5 Å². The number of hydrogen-bond donors (Lipinski definition) is 3. The van der Waals surface area contributed by atoms with Crippen LogP contribution in [0, 0.1) is 0 Å². The van der Waals surface area contributed by atoms with Crippen molar-refractivity contribution in [2.75, 3.05) is 121 Å². The molecule has 0 aromatic rings. The van der Waals surface area contributed by atoms with Gasteiger partial charge in [-0.05, 0) is 19.3 Å². The lowest BCUT2D eigenvalue weighted by molar-refractivity contribution is -0.883. The van der Waals surface area contributed by atoms with Crippen molar-refractivity contribution in [1.82, 2.24) is 20.9 Å². The van der Waals surface area contributed by atoms with E-state index in [4.69, 9.17) is 0 Å². The van der Waals surface area contributed by atoms with E-state index in [9.17, 15) is 14.4 Å². The van der Waals surface area contributed by atoms with Gasteiger partial charge in [-0.15, -0.1) is 0 Å². The van der Waals surface area contributed by atoms with Crippen LogP contribution in [0.15, 0.2) is 0 Å². The summed E-state index contributed by atoms with van der Waals surface area (Å²) in [7, 11) is 13.1. The van der Waals surface area contributed by atoms with Crippen molar-refractivity contribution in [3.63, 3.8) is 0 Å². The summed E-state index contributed by atoms with van der Waals surface area (Å²) in [5, 5.41) is 9.56. The Labute approximate surface area is 380 Å². The smallest absolute Gasteiger partial charge is 0.275 e. The molecule has 362 valence electrons. The quantitative estimate of drug-likeness (QED) is 0.0421. The predicted octanol–water partition coefficient (Wildman–Crippen LogP) is 9.46. The molecule has 0 aliphatic heterocycles. The van der Waals surface area contributed by atoms with E-state index >= 15 is 0 Å². The predicted molar refractivity (Wildman–Crippen MR) is 263 cm³/mol. The van der Waals surface area contributed by atoms with Crippen molar-refractivity contribution in [2.24, 2.45) is 0 Å². The molecule has 3 N–H and O–H groups in total. The highest BCUT2D eigenvalue weighted by Gasteiger charge is 2.24. The van der Waals surface area contributed by atoms with Crippen molar-refractivity contribution in [3.8, 4) is 0 Å². The number of unbranched alkanes of at least 4 members (excludes halogenated alkanes) is 21. The van der Waals surface area contributed by atoms with Gasteiger partial charge in [0, 0.05) is 58.5 Å². The Hall–Kier alpha value is -1.75. The molecule has 0 saturated carbocycles. The second-order valence-electron chi connectivity index (χ2n) is 20.8. The molecule has 0 heterocycles. The molecule has 3 amide bonds. The number of nitrogens with one attached hydrogen (secondary N) is 3. The minimum absolute atomic E-state index is 0.161. The summed E-state index contributed by atoms with van der Waals surface area (Å²) in [6.07, 6.45) is 33.6. The zero-order valence-electron chi connectivity index (χ0n) is 42.6. The largest absolute Gasteiger partial charge is 0.351 e. The van der Waals surface area contributed by atoms with Crippen molar-refractivity contribution in [3.05, 3.63) is 0 Å². The van der Waals surface area contributed by atoms with Gasteiger partial charge in [0.25, 0.3) is 17.7 Å². The second kappa shape index (κ2) is 38.7. The summed E-state index contributed by atoms with van der Waals surface area (Å²) in [6, 6.07) is 0. The Kier molecular flexibility index (Phi) is 37.6. The average molecular weight is 867 g/mol. The van der Waals surface area contributed by atoms with Gasteiger partial charge < -0.3 is 34.3 Å². The Morgan fingerprint density at radius 3 is 0.770 bits per heavy atom. The summed E-state index contributed by atoms with van der Waals surface area (Å²) < 4.78 is 2.06. The van der Waals surface area contributed by atoms with E-state index in [1.54, 1.807) is 0 Å². The van der Waals surface area contributed by atoms with Crippen LogP contribution in [-0.2, 0) is 14.4 Å². The van der Waals surface area contributed by atoms with Crippen LogP contribution in [0.4, 0.5) is 0 Å². The lowest BCUT2D eigenvalue weighted by atomic mass is 10.1. The summed E-state index contributed by atoms with van der Waals surface area (Å²) in [5.41, 5.74) is 0. The number of rotatable bonds is 45. The maximum atomic E-state index is 12.9. The fourth-order valence-electron chi connectivity index (χ4n) is 8.53. The molecular weight excluding hydrogens is 759 g/mol. The fourth-order valence-corrected chi connectivity index (χ4v) is 8.53. The Morgan fingerprint density at radius 1 is 0.328 bits per heavy atom. The SMILES string of the molecule is CCCCCCCCCCNC(=O)C[N+](C)(C)CCCN(CCC[N+](C)(C)CC(=O)NCCCCCCCCCC)CCC[N+](C)(C)CC(=O)NCCCCCCCCCC. The van der Waals surface area contributed by atoms with Crippen LogP contribution in [0.5, 0.6) is 0 Å². The van der Waals surface area contributed by atoms with Crippen molar-refractivity contribution in [1.29, 1.82) is 0 Å². The fraction of sp³-hybridized carbons (Fsp3) is 0.941. The lowest BCUT2D eigenvalue weighted by Crippen LogP contribution is -2.50. The number of likely N-dealkylation sites (N-methyl/N-ethyl adjacent to an activating group) is 3. The molecule has 10 heteroatoms. The first kappa shape index (κ1) is 59.2. The minimum atomic E-state index is 0.161. The first-order chi connectivity index (χ1) is 29.1. The summed E-state index contributed by atoms with van der Waals surface area (Å²) in [4.78, 5) is 41.2. The molecule has 0 saturated heterocycles. The van der Waals surface area contributed by atoms with E-state index in [1.807, 2.05) is 0 Å². The van der Waals surface area contributed by atoms with E-state index in [1.165, 1.54) is 135 Å². The van der Waals surface area contributed by atoms with E-state index in [-0.39, 0.29) is 17.7 Å². The third-order valence-corrected chi connectivity index (χ3v) is 12.5. The molecule has 0 atom stereocenters. The number of carbonyl (C=O) groups excluding carboxylic acids is 3. The third kappa shape index (κ3) is 40.8. The molecule has 0 aromatic heterocycles. The first-order valence-electron chi connectivity index (χ1n) is 26.1. The van der Waals surface area contributed by atoms with Crippen LogP contribution in [0.1, 0.15) is 194 Å². The second-order valence-corrected chi connectivity index (χ2v) is 20.8. The summed E-state index contributed by atoms with van der Waals surface area (Å²) in [5.74, 6) is 0.482. The van der Waals surface area contributed by atoms with Crippen LogP contribution >= 0.6 is 0 Å². The van der Waals surface area contributed by atoms with Gasteiger partial charge >= 0.3 is 0 Å². The van der Waals surface area contributed by atoms with E-state index < -0.39 is 0 Å². The Balaban J connectivity index is 4.91. The van der Waals surface area contributed by atoms with Gasteiger partial charge in [-0.25, -0.2) is 0 Å². The van der Waals surface area contributed by atoms with Gasteiger partial charge in [-0.3, -0.25) is 14.4 Å². The van der Waals surface area contributed by atoms with Crippen LogP contribution in [0.25, 0.3) is 0 Å². The van der Waals surface area contributed by atoms with Gasteiger partial charge in [-0.2, -0.15) is 0 Å². The third-order valence-electron chi connectivity index (χ3n) is 12.5. The zero-order valence-corrected chi connectivity index (χ0v) is 42.6. The van der Waals surface area contributed by atoms with E-state index in [2.05, 4.69) is 83.9 Å². The highest BCUT2D eigenvalue weighted by Crippen LogP contribution is 2.12. The van der Waals surface area contributed by atoms with E-state index in [0.717, 1.165) is 97.4 Å². The van der Waals surface area contributed by atoms with Crippen molar-refractivity contribution < 1.29 is 27.8 Å². The van der Waals surface area contributed by atoms with Crippen molar-refractivity contribution >= 4 is 17.7 Å². The molecule has 0 radical (unpaired) electrons. The molecule has 0 bridgehead atoms. The average Bonchev–Trinajstić information content (AvgIpc) is 3.18. The van der Waals surface area contributed by atoms with Gasteiger partial charge in [0.15, 0.2) is 19.6 Å². The number of hydrogen-bond acceptors (Lipinski definition) is 4. The molecule has 0 rings (SSSR count). The molecule has 0 aliphatic rings. The van der Waals surface area contributed by atoms with Crippen LogP contribution < -0.4 is 16.0 Å². The molecule has 0 unspecified atom stereocenters. The molecule has 0 spiro atoms. The normalized spacial score (nSPS) is 12.3. The highest BCUT2D eigenvalue weighted by atomic mass is 16.2. The Bertz CT molecular complexity index is 923. The Morgan fingerprint density at radius 2 is 0.541 bits per heavy atom. The number of amides is 3. The monoisotopic (exact) mass is 867 g/mol. The standard InChI is InChI=1S/C51H105N7O3/c1-10-13-16-19-22-25-28-31-37-52-49(59)46-56(4,5)43-34-40-55(41-35-44-57(6,7)47-50(60)53-38-32-29-26-23-20-17-14-11-2)42-36-45-58(8,9)48-51(61)54-39-33-30-27-24-21-18-15-12-3/h10-48H2,1-9H3/p+3. The van der Waals surface area contributed by atoms with Crippen LogP contribution in [0.2, 0.25) is 0 Å². The van der Waals surface area contributed by atoms with Gasteiger partial charge in [0.2, 0.25) is 0 Å². The van der Waals surface area contributed by atoms with Crippen molar-refractivity contribution in [2.45, 2.75) is 194 Å². The maximum absolute atomic E-state index is 12.9. The van der Waals surface area contributed by atoms with Crippen LogP contribution in [-0.4, -0.2) is 157 Å². The number of nitrogens with zero attached hydrogens (tertiary/aromatic N) is 4. The molecule has 0 aromatic carbocycles. The van der Waals surface area contributed by atoms with Gasteiger partial charge in [0.1, 0.15) is 0 Å². The van der Waals surface area contributed by atoms with E-state index in [0.29, 0.717) is 33.1 Å². The molecule has 61 heavy (non-hydrogen) atoms. The van der Waals surface area contributed by atoms with Crippen LogP contribution in [0.3, 0.4) is 0 Å². The number of quaternary nitrogens is 3. The molecular formula is C51H108N7O3+3. The molecule has 10 nitrogen and oxygen atoms in total. The summed E-state index contributed by atoms with van der Waals surface area (Å²) in [6.45, 7) is 16.5. The minimum Gasteiger partial charge on any atom is -0.351 e. The summed E-state index contributed by atoms with van der Waals surface area (Å²) >= 11 is 0. The highest BCUT2D eigenvalue weighted by molar-refractivity contribution is 5.77. The van der Waals surface area contributed by atoms with Gasteiger partial charge in [-0.1, -0.05) is 156 Å². The maximum Gasteiger partial charge on any atom is 0.275 e. The lowest BCUT2D eigenvalue weighted by Gasteiger charge is -2.33. The molecule has 0 fully saturated rings.